The molecule has 1 rings (SSSR count). The molecule has 0 aromatic heterocycles. The Morgan fingerprint density at radius 2 is 2.20 bits per heavy atom. The van der Waals surface area contributed by atoms with Gasteiger partial charge in [-0.3, -0.25) is 14.4 Å². The maximum absolute atomic E-state index is 10.6. The molecule has 0 aromatic carbocycles. The molecule has 0 radical (unpaired) electrons. The average Bonchev–Trinajstić information content (AvgIpc) is 2.44. The Balaban J connectivity index is 2.36. The fraction of sp³-hybridized carbons (Fsp3) is 0.400. The van der Waals surface area contributed by atoms with E-state index in [4.69, 9.17) is 9.90 Å². The monoisotopic (exact) mass is 161 g/mol. The molecule has 2 N–H and O–H groups in total. The van der Waals surface area contributed by atoms with Crippen LogP contribution in [0, 0.1) is 0 Å². The Morgan fingerprint density at radius 1 is 1.70 bits per heavy atom. The van der Waals surface area contributed by atoms with Gasteiger partial charge in [0, 0.05) is 11.8 Å². The highest BCUT2D eigenvalue weighted by atomic mass is 32.2. The maximum atomic E-state index is 10.6. The van der Waals surface area contributed by atoms with Crippen LogP contribution in [0.3, 0.4) is 0 Å². The van der Waals surface area contributed by atoms with E-state index in [1.54, 1.807) is 0 Å². The van der Waals surface area contributed by atoms with E-state index in [1.165, 1.54) is 0 Å². The zero-order chi connectivity index (χ0) is 7.72. The molecule has 54 valence electrons. The highest BCUT2D eigenvalue weighted by Gasteiger charge is 2.50. The van der Waals surface area contributed by atoms with Gasteiger partial charge in [0.25, 0.3) is 0 Å². The Bertz CT molecular complexity index is 210. The molecular weight excluding hydrogens is 156 g/mol. The van der Waals surface area contributed by atoms with Gasteiger partial charge in [-0.25, -0.2) is 0 Å². The van der Waals surface area contributed by atoms with Gasteiger partial charge in [-0.1, -0.05) is 0 Å². The van der Waals surface area contributed by atoms with Gasteiger partial charge in [0.05, 0.1) is 0 Å². The zero-order valence-corrected chi connectivity index (χ0v) is 5.72. The molecule has 1 aliphatic heterocycles. The van der Waals surface area contributed by atoms with Crippen LogP contribution < -0.4 is 0 Å². The Hall–Kier alpha value is -0.840. The first-order valence-electron chi connectivity index (χ1n) is 2.58. The number of hydrogen-bond donors (Lipinski definition) is 1. The highest BCUT2D eigenvalue weighted by Crippen LogP contribution is 2.33. The second kappa shape index (κ2) is 2.42. The molecule has 0 saturated carbocycles. The van der Waals surface area contributed by atoms with E-state index in [1.807, 2.05) is 0 Å². The predicted molar refractivity (Wildman–Crippen MR) is 35.6 cm³/mol. The summed E-state index contributed by atoms with van der Waals surface area (Å²) in [7, 11) is 0. The molecule has 0 aliphatic carbocycles. The number of rotatable bonds is 3. The first-order valence-corrected chi connectivity index (χ1v) is 3.46. The van der Waals surface area contributed by atoms with Crippen molar-refractivity contribution < 1.29 is 19.5 Å². The second-order valence-electron chi connectivity index (χ2n) is 1.87. The van der Waals surface area contributed by atoms with E-state index < -0.39 is 23.4 Å². The number of ketones is 1. The molecule has 1 saturated heterocycles. The van der Waals surface area contributed by atoms with Gasteiger partial charge in [0.2, 0.25) is 0 Å². The number of carbonyl (C=O) groups is 2. The minimum Gasteiger partial charge on any atom is -0.481 e. The fourth-order valence-corrected chi connectivity index (χ4v) is 1.05. The molecule has 10 heavy (non-hydrogen) atoms. The van der Waals surface area contributed by atoms with E-state index in [2.05, 4.69) is 0 Å². The molecule has 1 atom stereocenters. The first kappa shape index (κ1) is 7.27. The largest absolute Gasteiger partial charge is 0.481 e. The van der Waals surface area contributed by atoms with Crippen LogP contribution in [0.1, 0.15) is 6.42 Å². The van der Waals surface area contributed by atoms with Crippen molar-refractivity contribution in [3.8, 4) is 0 Å². The van der Waals surface area contributed by atoms with Crippen molar-refractivity contribution in [1.29, 1.82) is 0 Å². The molecule has 1 heterocycles. The SMILES string of the molecule is O=C(O)CC(=O)[C@@H]1SC1=[OH+]. The van der Waals surface area contributed by atoms with Crippen LogP contribution in [0.5, 0.6) is 0 Å². The molecular formula is C5H5O4S+. The van der Waals surface area contributed by atoms with Gasteiger partial charge >= 0.3 is 11.1 Å². The predicted octanol–water partition coefficient (Wildman–Crippen LogP) is -0.352. The van der Waals surface area contributed by atoms with Gasteiger partial charge in [0.15, 0.2) is 11.0 Å². The summed E-state index contributed by atoms with van der Waals surface area (Å²) in [6.45, 7) is 0. The lowest BCUT2D eigenvalue weighted by molar-refractivity contribution is -0.139. The number of hydrogen-bond acceptors (Lipinski definition) is 3. The number of carboxylic acid groups (broad SMARTS) is 1. The Kier molecular flexibility index (Phi) is 1.76. The smallest absolute Gasteiger partial charge is 0.373 e. The molecule has 0 spiro atoms. The lowest BCUT2D eigenvalue weighted by Crippen LogP contribution is -2.12. The summed E-state index contributed by atoms with van der Waals surface area (Å²) in [5.41, 5.74) is 0. The third kappa shape index (κ3) is 1.57. The number of Topliss-reactive ketones (excluding diaryl/α,β-unsaturated/α-hetero) is 1. The summed E-state index contributed by atoms with van der Waals surface area (Å²) in [6.07, 6.45) is -0.498. The molecule has 4 nitrogen and oxygen atoms in total. The third-order valence-electron chi connectivity index (χ3n) is 1.02. The minimum atomic E-state index is -1.15. The van der Waals surface area contributed by atoms with Crippen LogP contribution >= 0.6 is 11.8 Å². The molecule has 0 bridgehead atoms. The molecule has 0 amide bonds. The average molecular weight is 161 g/mol. The minimum absolute atomic E-state index is 0.0336. The molecule has 1 aliphatic rings. The number of thioether (sulfide) groups is 1. The van der Waals surface area contributed by atoms with Gasteiger partial charge in [0.1, 0.15) is 6.42 Å². The third-order valence-corrected chi connectivity index (χ3v) is 1.97. The lowest BCUT2D eigenvalue weighted by Gasteiger charge is -1.84. The summed E-state index contributed by atoms with van der Waals surface area (Å²) in [4.78, 5) is 29.1. The standard InChI is InChI=1S/C5H4O4S/c6-2(1-3(7)8)4-5(9)10-4/h4H,1H2,(H,7,8)/p+1/t4-/m0/s1. The number of carbonyl (C=O) groups excluding carboxylic acids is 2. The molecule has 1 fully saturated rings. The van der Waals surface area contributed by atoms with E-state index >= 15 is 0 Å². The first-order chi connectivity index (χ1) is 4.61. The molecule has 0 unspecified atom stereocenters. The summed E-state index contributed by atoms with van der Waals surface area (Å²) < 4.78 is 0. The topological polar surface area (TPSA) is 75.8 Å². The Morgan fingerprint density at radius 3 is 2.50 bits per heavy atom. The summed E-state index contributed by atoms with van der Waals surface area (Å²) in [6, 6.07) is 0. The van der Waals surface area contributed by atoms with E-state index in [0.29, 0.717) is 0 Å². The van der Waals surface area contributed by atoms with Crippen molar-refractivity contribution in [2.45, 2.75) is 11.7 Å². The normalized spacial score (nSPS) is 22.4. The van der Waals surface area contributed by atoms with Crippen LogP contribution in [-0.2, 0) is 9.59 Å². The van der Waals surface area contributed by atoms with Crippen molar-refractivity contribution in [2.24, 2.45) is 0 Å². The Labute approximate surface area is 60.6 Å². The molecule has 5 heteroatoms. The van der Waals surface area contributed by atoms with Crippen LogP contribution in [-0.4, -0.2) is 32.0 Å². The van der Waals surface area contributed by atoms with Crippen molar-refractivity contribution >= 4 is 28.6 Å². The number of carboxylic acids is 1. The van der Waals surface area contributed by atoms with Crippen LogP contribution in [0.25, 0.3) is 0 Å². The fourth-order valence-electron chi connectivity index (χ4n) is 0.532. The molecule has 0 aromatic rings. The van der Waals surface area contributed by atoms with Gasteiger partial charge in [-0.05, 0) is 0 Å². The number of aliphatic carboxylic acids is 1. The summed E-state index contributed by atoms with van der Waals surface area (Å²) in [5, 5.41) is 7.60. The highest BCUT2D eigenvalue weighted by molar-refractivity contribution is 8.26. The summed E-state index contributed by atoms with van der Waals surface area (Å²) >= 11 is 1.00. The zero-order valence-electron chi connectivity index (χ0n) is 4.90. The van der Waals surface area contributed by atoms with E-state index in [9.17, 15) is 9.59 Å². The maximum Gasteiger partial charge on any atom is 0.373 e. The van der Waals surface area contributed by atoms with E-state index in [-0.39, 0.29) is 5.12 Å². The van der Waals surface area contributed by atoms with Crippen molar-refractivity contribution in [3.63, 3.8) is 0 Å². The van der Waals surface area contributed by atoms with Crippen molar-refractivity contribution in [3.05, 3.63) is 0 Å². The van der Waals surface area contributed by atoms with Crippen LogP contribution in [0.4, 0.5) is 0 Å². The van der Waals surface area contributed by atoms with Gasteiger partial charge in [-0.2, -0.15) is 0 Å². The quantitative estimate of drug-likeness (QED) is 0.348. The van der Waals surface area contributed by atoms with Crippen molar-refractivity contribution in [1.82, 2.24) is 0 Å². The van der Waals surface area contributed by atoms with Gasteiger partial charge in [-0.15, -0.1) is 0 Å². The van der Waals surface area contributed by atoms with Crippen molar-refractivity contribution in [2.75, 3.05) is 0 Å². The second-order valence-corrected chi connectivity index (χ2v) is 3.00. The van der Waals surface area contributed by atoms with E-state index in [0.717, 1.165) is 11.8 Å². The lowest BCUT2D eigenvalue weighted by atomic mass is 10.2. The van der Waals surface area contributed by atoms with Crippen LogP contribution in [0.2, 0.25) is 0 Å². The van der Waals surface area contributed by atoms with Gasteiger partial charge < -0.3 is 5.11 Å². The summed E-state index contributed by atoms with van der Waals surface area (Å²) in [5.74, 6) is -1.58. The van der Waals surface area contributed by atoms with Crippen LogP contribution in [0.15, 0.2) is 0 Å².